The number of carbonyl (C=O) groups excluding carboxylic acids is 1. The van der Waals surface area contributed by atoms with Gasteiger partial charge >= 0.3 is 11.9 Å². The third-order valence-corrected chi connectivity index (χ3v) is 2.69. The molecule has 0 spiro atoms. The summed E-state index contributed by atoms with van der Waals surface area (Å²) < 4.78 is 10.1. The molecule has 104 valence electrons. The maximum atomic E-state index is 11.2. The van der Waals surface area contributed by atoms with Crippen LogP contribution in [0.15, 0.2) is 18.2 Å². The predicted molar refractivity (Wildman–Crippen MR) is 69.2 cm³/mol. The highest BCUT2D eigenvalue weighted by Gasteiger charge is 2.24. The molecule has 0 bridgehead atoms. The molecule has 0 aliphatic rings. The van der Waals surface area contributed by atoms with Crippen molar-refractivity contribution >= 4 is 11.9 Å². The third-order valence-electron chi connectivity index (χ3n) is 2.69. The fourth-order valence-electron chi connectivity index (χ4n) is 1.79. The Morgan fingerprint density at radius 3 is 2.32 bits per heavy atom. The van der Waals surface area contributed by atoms with Crippen LogP contribution in [-0.4, -0.2) is 24.2 Å². The normalized spacial score (nSPS) is 12.1. The van der Waals surface area contributed by atoms with E-state index in [1.54, 1.807) is 25.3 Å². The van der Waals surface area contributed by atoms with Crippen molar-refractivity contribution in [3.63, 3.8) is 0 Å². The molecular formula is C14H18O5. The molecule has 0 saturated carbocycles. The molecule has 1 atom stereocenters. The number of carboxylic acids is 1. The molecule has 1 aromatic carbocycles. The predicted octanol–water partition coefficient (Wildman–Crippen LogP) is 2.51. The summed E-state index contributed by atoms with van der Waals surface area (Å²) >= 11 is 0. The van der Waals surface area contributed by atoms with Crippen LogP contribution in [-0.2, 0) is 14.3 Å². The van der Waals surface area contributed by atoms with E-state index in [0.29, 0.717) is 11.3 Å². The Balaban J connectivity index is 3.21. The first-order valence-corrected chi connectivity index (χ1v) is 5.94. The molecule has 5 nitrogen and oxygen atoms in total. The van der Waals surface area contributed by atoms with Gasteiger partial charge in [-0.2, -0.15) is 0 Å². The molecule has 1 rings (SSSR count). The number of ether oxygens (including phenoxy) is 2. The van der Waals surface area contributed by atoms with Crippen molar-refractivity contribution in [2.45, 2.75) is 32.8 Å². The summed E-state index contributed by atoms with van der Waals surface area (Å²) in [6, 6.07) is 4.97. The van der Waals surface area contributed by atoms with Crippen molar-refractivity contribution < 1.29 is 24.2 Å². The summed E-state index contributed by atoms with van der Waals surface area (Å²) in [5, 5.41) is 9.12. The molecule has 0 aromatic heterocycles. The Bertz CT molecular complexity index is 479. The molecule has 0 saturated heterocycles. The van der Waals surface area contributed by atoms with Gasteiger partial charge in [0.2, 0.25) is 6.10 Å². The van der Waals surface area contributed by atoms with Crippen LogP contribution in [0, 0.1) is 0 Å². The number of methoxy groups -OCH3 is 1. The van der Waals surface area contributed by atoms with Gasteiger partial charge in [-0.15, -0.1) is 0 Å². The fourth-order valence-corrected chi connectivity index (χ4v) is 1.79. The minimum absolute atomic E-state index is 0.168. The second-order valence-electron chi connectivity index (χ2n) is 4.48. The van der Waals surface area contributed by atoms with Gasteiger partial charge in [0.1, 0.15) is 5.75 Å². The number of carboxylic acid groups (broad SMARTS) is 1. The van der Waals surface area contributed by atoms with Gasteiger partial charge in [0.25, 0.3) is 0 Å². The van der Waals surface area contributed by atoms with Crippen molar-refractivity contribution in [1.82, 2.24) is 0 Å². The van der Waals surface area contributed by atoms with Crippen LogP contribution in [0.3, 0.4) is 0 Å². The van der Waals surface area contributed by atoms with Crippen LogP contribution in [0.25, 0.3) is 0 Å². The minimum Gasteiger partial charge on any atom is -0.496 e. The van der Waals surface area contributed by atoms with Gasteiger partial charge in [-0.05, 0) is 23.6 Å². The SMILES string of the molecule is COc1ccc(C(OC(C)=O)C(=O)O)cc1C(C)C. The van der Waals surface area contributed by atoms with Gasteiger partial charge in [-0.3, -0.25) is 4.79 Å². The summed E-state index contributed by atoms with van der Waals surface area (Å²) in [5.74, 6) is -0.975. The fraction of sp³-hybridized carbons (Fsp3) is 0.429. The average molecular weight is 266 g/mol. The Kier molecular flexibility index (Phi) is 4.92. The highest BCUT2D eigenvalue weighted by molar-refractivity contribution is 5.78. The lowest BCUT2D eigenvalue weighted by Crippen LogP contribution is -2.18. The first kappa shape index (κ1) is 15.0. The van der Waals surface area contributed by atoms with Gasteiger partial charge in [-0.25, -0.2) is 4.79 Å². The van der Waals surface area contributed by atoms with E-state index in [1.165, 1.54) is 6.92 Å². The zero-order valence-electron chi connectivity index (χ0n) is 11.5. The van der Waals surface area contributed by atoms with Gasteiger partial charge < -0.3 is 14.6 Å². The van der Waals surface area contributed by atoms with Gasteiger partial charge in [0, 0.05) is 12.5 Å². The van der Waals surface area contributed by atoms with E-state index < -0.39 is 18.0 Å². The highest BCUT2D eigenvalue weighted by Crippen LogP contribution is 2.30. The summed E-state index contributed by atoms with van der Waals surface area (Å²) in [4.78, 5) is 22.1. The summed E-state index contributed by atoms with van der Waals surface area (Å²) in [7, 11) is 1.56. The molecule has 19 heavy (non-hydrogen) atoms. The van der Waals surface area contributed by atoms with E-state index in [1.807, 2.05) is 13.8 Å². The number of carbonyl (C=O) groups is 2. The van der Waals surface area contributed by atoms with E-state index in [-0.39, 0.29) is 5.92 Å². The second-order valence-corrected chi connectivity index (χ2v) is 4.48. The number of benzene rings is 1. The summed E-state index contributed by atoms with van der Waals surface area (Å²) in [6.07, 6.45) is -1.29. The minimum atomic E-state index is -1.29. The molecular weight excluding hydrogens is 248 g/mol. The maximum Gasteiger partial charge on any atom is 0.349 e. The number of esters is 1. The molecule has 1 unspecified atom stereocenters. The number of hydrogen-bond donors (Lipinski definition) is 1. The lowest BCUT2D eigenvalue weighted by atomic mass is 9.97. The third kappa shape index (κ3) is 3.71. The molecule has 0 amide bonds. The lowest BCUT2D eigenvalue weighted by molar-refractivity contribution is -0.163. The highest BCUT2D eigenvalue weighted by atomic mass is 16.6. The van der Waals surface area contributed by atoms with Crippen LogP contribution >= 0.6 is 0 Å². The van der Waals surface area contributed by atoms with Crippen molar-refractivity contribution in [3.8, 4) is 5.75 Å². The van der Waals surface area contributed by atoms with Gasteiger partial charge in [-0.1, -0.05) is 19.9 Å². The Morgan fingerprint density at radius 2 is 1.89 bits per heavy atom. The van der Waals surface area contributed by atoms with Crippen molar-refractivity contribution in [2.24, 2.45) is 0 Å². The van der Waals surface area contributed by atoms with Gasteiger partial charge in [0.05, 0.1) is 7.11 Å². The van der Waals surface area contributed by atoms with Crippen molar-refractivity contribution in [2.75, 3.05) is 7.11 Å². The first-order valence-electron chi connectivity index (χ1n) is 5.94. The van der Waals surface area contributed by atoms with Crippen molar-refractivity contribution in [3.05, 3.63) is 29.3 Å². The maximum absolute atomic E-state index is 11.2. The monoisotopic (exact) mass is 266 g/mol. The van der Waals surface area contributed by atoms with E-state index in [0.717, 1.165) is 5.56 Å². The largest absolute Gasteiger partial charge is 0.496 e. The van der Waals surface area contributed by atoms with Crippen molar-refractivity contribution in [1.29, 1.82) is 0 Å². The molecule has 0 aliphatic heterocycles. The zero-order valence-corrected chi connectivity index (χ0v) is 11.5. The molecule has 0 fully saturated rings. The van der Waals surface area contributed by atoms with E-state index >= 15 is 0 Å². The Hall–Kier alpha value is -2.04. The standard InChI is InChI=1S/C14H18O5/c1-8(2)11-7-10(5-6-12(11)18-4)13(14(16)17)19-9(3)15/h5-8,13H,1-4H3,(H,16,17). The van der Waals surface area contributed by atoms with E-state index in [2.05, 4.69) is 0 Å². The number of hydrogen-bond acceptors (Lipinski definition) is 4. The number of aliphatic carboxylic acids is 1. The lowest BCUT2D eigenvalue weighted by Gasteiger charge is -2.17. The molecule has 0 radical (unpaired) electrons. The van der Waals surface area contributed by atoms with Gasteiger partial charge in [0.15, 0.2) is 0 Å². The quantitative estimate of drug-likeness (QED) is 0.829. The Labute approximate surface area is 112 Å². The van der Waals surface area contributed by atoms with Crippen LogP contribution in [0.1, 0.15) is 43.9 Å². The molecule has 1 aromatic rings. The summed E-state index contributed by atoms with van der Waals surface area (Å²) in [6.45, 7) is 5.13. The smallest absolute Gasteiger partial charge is 0.349 e. The number of rotatable bonds is 5. The Morgan fingerprint density at radius 1 is 1.26 bits per heavy atom. The zero-order chi connectivity index (χ0) is 14.6. The topological polar surface area (TPSA) is 72.8 Å². The first-order chi connectivity index (χ1) is 8.86. The van der Waals surface area contributed by atoms with Crippen LogP contribution in [0.2, 0.25) is 0 Å². The molecule has 5 heteroatoms. The molecule has 0 aliphatic carbocycles. The summed E-state index contributed by atoms with van der Waals surface area (Å²) in [5.41, 5.74) is 1.30. The van der Waals surface area contributed by atoms with Crippen LogP contribution in [0.5, 0.6) is 5.75 Å². The van der Waals surface area contributed by atoms with E-state index in [4.69, 9.17) is 14.6 Å². The second kappa shape index (κ2) is 6.22. The van der Waals surface area contributed by atoms with E-state index in [9.17, 15) is 9.59 Å². The van der Waals surface area contributed by atoms with Crippen LogP contribution in [0.4, 0.5) is 0 Å². The molecule has 0 heterocycles. The van der Waals surface area contributed by atoms with Crippen LogP contribution < -0.4 is 4.74 Å². The molecule has 1 N–H and O–H groups in total. The average Bonchev–Trinajstić information content (AvgIpc) is 2.34.